The Morgan fingerprint density at radius 2 is 2.00 bits per heavy atom. The predicted molar refractivity (Wildman–Crippen MR) is 75.4 cm³/mol. The molecule has 19 heavy (non-hydrogen) atoms. The number of benzene rings is 1. The van der Waals surface area contributed by atoms with Crippen molar-refractivity contribution in [2.45, 2.75) is 32.0 Å². The third kappa shape index (κ3) is 5.82. The smallest absolute Gasteiger partial charge is 0.373 e. The van der Waals surface area contributed by atoms with Crippen molar-refractivity contribution in [2.24, 2.45) is 5.73 Å². The zero-order chi connectivity index (χ0) is 14.6. The second-order valence-corrected chi connectivity index (χ2v) is 5.61. The first-order valence-corrected chi connectivity index (χ1v) is 6.80. The molecule has 1 unspecified atom stereocenters. The molecule has 0 bridgehead atoms. The van der Waals surface area contributed by atoms with Gasteiger partial charge >= 0.3 is 6.18 Å². The quantitative estimate of drug-likeness (QED) is 0.886. The van der Waals surface area contributed by atoms with E-state index < -0.39 is 12.6 Å². The van der Waals surface area contributed by atoms with Crippen LogP contribution < -0.4 is 10.6 Å². The Bertz CT molecular complexity index is 419. The van der Waals surface area contributed by atoms with Crippen LogP contribution in [0.4, 0.5) is 18.9 Å². The van der Waals surface area contributed by atoms with E-state index in [0.717, 1.165) is 22.1 Å². The Balaban J connectivity index is 2.73. The van der Waals surface area contributed by atoms with Gasteiger partial charge in [0, 0.05) is 24.1 Å². The maximum atomic E-state index is 12.2. The van der Waals surface area contributed by atoms with Crippen molar-refractivity contribution in [1.82, 2.24) is 0 Å². The Hall–Kier alpha value is -0.750. The molecule has 1 aromatic carbocycles. The first-order valence-electron chi connectivity index (χ1n) is 6.01. The van der Waals surface area contributed by atoms with Gasteiger partial charge < -0.3 is 10.6 Å². The van der Waals surface area contributed by atoms with Gasteiger partial charge in [-0.15, -0.1) is 0 Å². The molecule has 1 aromatic rings. The molecule has 0 radical (unpaired) electrons. The van der Waals surface area contributed by atoms with Crippen molar-refractivity contribution in [2.75, 3.05) is 18.5 Å². The number of rotatable bonds is 5. The monoisotopic (exact) mass is 338 g/mol. The van der Waals surface area contributed by atoms with Crippen molar-refractivity contribution in [3.63, 3.8) is 0 Å². The van der Waals surface area contributed by atoms with Crippen LogP contribution in [0.3, 0.4) is 0 Å². The van der Waals surface area contributed by atoms with E-state index in [1.54, 1.807) is 11.9 Å². The molecule has 6 heteroatoms. The third-order valence-electron chi connectivity index (χ3n) is 2.71. The van der Waals surface area contributed by atoms with Gasteiger partial charge in [0.05, 0.1) is 12.1 Å². The van der Waals surface area contributed by atoms with Gasteiger partial charge in [0.2, 0.25) is 0 Å². The molecule has 0 fully saturated rings. The molecule has 0 aliphatic rings. The number of nitrogens with two attached hydrogens (primary N) is 1. The summed E-state index contributed by atoms with van der Waals surface area (Å²) in [6.07, 6.45) is -4.21. The van der Waals surface area contributed by atoms with E-state index in [-0.39, 0.29) is 12.6 Å². The largest absolute Gasteiger partial charge is 0.390 e. The molecule has 0 spiro atoms. The maximum absolute atomic E-state index is 12.2. The summed E-state index contributed by atoms with van der Waals surface area (Å²) in [4.78, 5) is 1.59. The second-order valence-electron chi connectivity index (χ2n) is 4.75. The Kier molecular flexibility index (Phi) is 5.67. The van der Waals surface area contributed by atoms with Gasteiger partial charge in [-0.1, -0.05) is 6.07 Å². The van der Waals surface area contributed by atoms with Gasteiger partial charge in [-0.2, -0.15) is 13.2 Å². The first-order chi connectivity index (χ1) is 8.69. The molecule has 2 N–H and O–H groups in total. The fourth-order valence-electron chi connectivity index (χ4n) is 1.77. The SMILES string of the molecule is CC(N)Cc1ccc(N(C)CCC(F)(F)F)c(Br)c1. The summed E-state index contributed by atoms with van der Waals surface area (Å²) in [6, 6.07) is 5.68. The molecule has 2 nitrogen and oxygen atoms in total. The molecule has 0 aromatic heterocycles. The minimum absolute atomic E-state index is 0.0562. The van der Waals surface area contributed by atoms with E-state index in [0.29, 0.717) is 0 Å². The Morgan fingerprint density at radius 3 is 2.47 bits per heavy atom. The van der Waals surface area contributed by atoms with E-state index >= 15 is 0 Å². The number of nitrogens with zero attached hydrogens (tertiary/aromatic N) is 1. The number of hydrogen-bond acceptors (Lipinski definition) is 2. The summed E-state index contributed by atoms with van der Waals surface area (Å²) in [7, 11) is 1.65. The van der Waals surface area contributed by atoms with Crippen molar-refractivity contribution in [1.29, 1.82) is 0 Å². The number of hydrogen-bond donors (Lipinski definition) is 1. The lowest BCUT2D eigenvalue weighted by Crippen LogP contribution is -2.24. The van der Waals surface area contributed by atoms with Crippen molar-refractivity contribution in [3.05, 3.63) is 28.2 Å². The fraction of sp³-hybridized carbons (Fsp3) is 0.538. The molecule has 0 aliphatic carbocycles. The van der Waals surface area contributed by atoms with Crippen LogP contribution in [0.1, 0.15) is 18.9 Å². The number of alkyl halides is 3. The summed E-state index contributed by atoms with van der Waals surface area (Å²) >= 11 is 3.39. The van der Waals surface area contributed by atoms with Gasteiger partial charge in [0.1, 0.15) is 0 Å². The topological polar surface area (TPSA) is 29.3 Å². The molecular formula is C13H18BrF3N2. The average Bonchev–Trinajstić information content (AvgIpc) is 2.24. The summed E-state index contributed by atoms with van der Waals surface area (Å²) < 4.78 is 37.3. The van der Waals surface area contributed by atoms with Crippen molar-refractivity contribution >= 4 is 21.6 Å². The van der Waals surface area contributed by atoms with Gasteiger partial charge in [0.15, 0.2) is 0 Å². The van der Waals surface area contributed by atoms with Gasteiger partial charge in [-0.05, 0) is 47.0 Å². The molecule has 0 saturated carbocycles. The zero-order valence-electron chi connectivity index (χ0n) is 11.0. The lowest BCUT2D eigenvalue weighted by atomic mass is 10.1. The number of halogens is 4. The molecule has 0 amide bonds. The highest BCUT2D eigenvalue weighted by Crippen LogP contribution is 2.28. The van der Waals surface area contributed by atoms with Crippen LogP contribution in [0.25, 0.3) is 0 Å². The van der Waals surface area contributed by atoms with E-state index in [4.69, 9.17) is 5.73 Å². The Labute approximate surface area is 119 Å². The van der Waals surface area contributed by atoms with E-state index in [2.05, 4.69) is 15.9 Å². The highest BCUT2D eigenvalue weighted by Gasteiger charge is 2.27. The normalized spacial score (nSPS) is 13.4. The average molecular weight is 339 g/mol. The van der Waals surface area contributed by atoms with Crippen molar-refractivity contribution < 1.29 is 13.2 Å². The molecule has 0 saturated heterocycles. The summed E-state index contributed by atoms with van der Waals surface area (Å²) in [6.45, 7) is 1.85. The van der Waals surface area contributed by atoms with Crippen LogP contribution >= 0.6 is 15.9 Å². The lowest BCUT2D eigenvalue weighted by Gasteiger charge is -2.22. The van der Waals surface area contributed by atoms with Crippen LogP contribution in [-0.2, 0) is 6.42 Å². The van der Waals surface area contributed by atoms with E-state index in [1.165, 1.54) is 0 Å². The van der Waals surface area contributed by atoms with E-state index in [1.807, 2.05) is 25.1 Å². The maximum Gasteiger partial charge on any atom is 0.390 e. The second kappa shape index (κ2) is 6.61. The zero-order valence-corrected chi connectivity index (χ0v) is 12.6. The molecular weight excluding hydrogens is 321 g/mol. The summed E-state index contributed by atoms with van der Waals surface area (Å²) in [5, 5.41) is 0. The molecule has 108 valence electrons. The van der Waals surface area contributed by atoms with Gasteiger partial charge in [0.25, 0.3) is 0 Å². The van der Waals surface area contributed by atoms with Gasteiger partial charge in [-0.3, -0.25) is 0 Å². The molecule has 0 aliphatic heterocycles. The van der Waals surface area contributed by atoms with Crippen LogP contribution in [0.15, 0.2) is 22.7 Å². The minimum atomic E-state index is -4.13. The lowest BCUT2D eigenvalue weighted by molar-refractivity contribution is -0.132. The van der Waals surface area contributed by atoms with Crippen molar-refractivity contribution in [3.8, 4) is 0 Å². The van der Waals surface area contributed by atoms with E-state index in [9.17, 15) is 13.2 Å². The minimum Gasteiger partial charge on any atom is -0.373 e. The summed E-state index contributed by atoms with van der Waals surface area (Å²) in [5.74, 6) is 0. The molecule has 1 atom stereocenters. The fourth-order valence-corrected chi connectivity index (χ4v) is 2.50. The molecule has 0 heterocycles. The molecule has 1 rings (SSSR count). The third-order valence-corrected chi connectivity index (χ3v) is 3.35. The summed E-state index contributed by atoms with van der Waals surface area (Å²) in [5.41, 5.74) is 7.53. The van der Waals surface area contributed by atoms with Crippen LogP contribution in [0.5, 0.6) is 0 Å². The van der Waals surface area contributed by atoms with Crippen LogP contribution in [0, 0.1) is 0 Å². The Morgan fingerprint density at radius 1 is 1.37 bits per heavy atom. The highest BCUT2D eigenvalue weighted by atomic mass is 79.9. The number of anilines is 1. The highest BCUT2D eigenvalue weighted by molar-refractivity contribution is 9.10. The van der Waals surface area contributed by atoms with Crippen LogP contribution in [0.2, 0.25) is 0 Å². The van der Waals surface area contributed by atoms with Crippen LogP contribution in [-0.4, -0.2) is 25.8 Å². The predicted octanol–water partition coefficient (Wildman–Crippen LogP) is 3.73. The van der Waals surface area contributed by atoms with Gasteiger partial charge in [-0.25, -0.2) is 0 Å². The standard InChI is InChI=1S/C13H18BrF3N2/c1-9(18)7-10-3-4-12(11(14)8-10)19(2)6-5-13(15,16)17/h3-4,8-9H,5-7,18H2,1-2H3. The first kappa shape index (κ1) is 16.3.